The van der Waals surface area contributed by atoms with Crippen LogP contribution in [0.2, 0.25) is 0 Å². The van der Waals surface area contributed by atoms with Crippen LogP contribution in [0.1, 0.15) is 31.2 Å². The summed E-state index contributed by atoms with van der Waals surface area (Å²) in [6.45, 7) is -0.0254. The monoisotopic (exact) mass is 447 g/mol. The zero-order chi connectivity index (χ0) is 22.6. The lowest BCUT2D eigenvalue weighted by Gasteiger charge is -2.53. The molecule has 0 aromatic heterocycles. The molecule has 5 rings (SSSR count). The zero-order valence-corrected chi connectivity index (χ0v) is 17.1. The van der Waals surface area contributed by atoms with Crippen LogP contribution >= 0.6 is 0 Å². The summed E-state index contributed by atoms with van der Waals surface area (Å²) in [5, 5.41) is 23.6. The van der Waals surface area contributed by atoms with Crippen molar-refractivity contribution in [2.45, 2.75) is 56.7 Å². The molecular weight excluding hydrogens is 424 g/mol. The van der Waals surface area contributed by atoms with Gasteiger partial charge in [-0.2, -0.15) is 0 Å². The average molecular weight is 447 g/mol. The van der Waals surface area contributed by atoms with Crippen molar-refractivity contribution in [1.82, 2.24) is 15.1 Å². The van der Waals surface area contributed by atoms with Crippen molar-refractivity contribution in [3.05, 3.63) is 58.6 Å². The molecular formula is C22H23F2N3O5. The number of hydrogen-bond acceptors (Lipinski definition) is 6. The standard InChI is InChI=1S/C22H23F2N3O5/c23-12-5-4-11(16(24)6-12)8-25-21(30)15-9-26-10-17-27(13-2-1-3-14(7-13)32-17)22(31)18(26)20(29)19(15)28/h4-6,9,13-14,17,19,28-29H,1-3,7-8,10H2,(H,25,30)/t13-,14-,17?,19?/m0/s1. The molecule has 4 aliphatic rings. The van der Waals surface area contributed by atoms with Crippen LogP contribution in [-0.2, 0) is 20.9 Å². The number of amides is 2. The van der Waals surface area contributed by atoms with Gasteiger partial charge in [0.05, 0.1) is 18.2 Å². The van der Waals surface area contributed by atoms with Crippen molar-refractivity contribution in [1.29, 1.82) is 0 Å². The number of aliphatic hydroxyl groups excluding tert-OH is 2. The van der Waals surface area contributed by atoms with Crippen LogP contribution in [0.3, 0.4) is 0 Å². The van der Waals surface area contributed by atoms with Crippen molar-refractivity contribution >= 4 is 11.8 Å². The summed E-state index contributed by atoms with van der Waals surface area (Å²) in [7, 11) is 0. The van der Waals surface area contributed by atoms with Crippen LogP contribution in [0.15, 0.2) is 41.4 Å². The van der Waals surface area contributed by atoms with Crippen LogP contribution in [-0.4, -0.2) is 62.8 Å². The number of carbonyl (C=O) groups is 2. The second kappa shape index (κ2) is 7.86. The Morgan fingerprint density at radius 3 is 2.88 bits per heavy atom. The number of benzene rings is 1. The maximum absolute atomic E-state index is 13.8. The number of nitrogens with one attached hydrogen (secondary N) is 1. The first-order valence-corrected chi connectivity index (χ1v) is 10.6. The number of rotatable bonds is 3. The molecule has 10 heteroatoms. The highest BCUT2D eigenvalue weighted by molar-refractivity contribution is 5.99. The molecule has 0 radical (unpaired) electrons. The second-order valence-corrected chi connectivity index (χ2v) is 8.54. The third-order valence-corrected chi connectivity index (χ3v) is 6.54. The Bertz CT molecular complexity index is 1040. The third kappa shape index (κ3) is 3.43. The minimum atomic E-state index is -1.70. The number of carbonyl (C=O) groups excluding carboxylic acids is 2. The molecule has 4 atom stereocenters. The van der Waals surface area contributed by atoms with E-state index in [2.05, 4.69) is 5.32 Å². The summed E-state index contributed by atoms with van der Waals surface area (Å²) in [6, 6.07) is 3.02. The maximum Gasteiger partial charge on any atom is 0.276 e. The first-order chi connectivity index (χ1) is 15.3. The molecule has 3 N–H and O–H groups in total. The summed E-state index contributed by atoms with van der Waals surface area (Å²) in [4.78, 5) is 28.9. The summed E-state index contributed by atoms with van der Waals surface area (Å²) in [5.74, 6) is -3.33. The van der Waals surface area contributed by atoms with Crippen LogP contribution in [0.4, 0.5) is 8.78 Å². The van der Waals surface area contributed by atoms with E-state index in [1.807, 2.05) is 0 Å². The predicted octanol–water partition coefficient (Wildman–Crippen LogP) is 1.42. The number of aliphatic hydroxyl groups is 2. The number of ether oxygens (including phenoxy) is 1. The minimum Gasteiger partial charge on any atom is -0.507 e. The van der Waals surface area contributed by atoms with E-state index in [0.717, 1.165) is 31.7 Å². The van der Waals surface area contributed by atoms with Crippen molar-refractivity contribution in [3.63, 3.8) is 0 Å². The number of halogens is 2. The fourth-order valence-electron chi connectivity index (χ4n) is 4.97. The quantitative estimate of drug-likeness (QED) is 0.648. The van der Waals surface area contributed by atoms with Gasteiger partial charge in [-0.25, -0.2) is 8.78 Å². The SMILES string of the molecule is O=C(NCc1ccc(F)cc1F)C1=CN2CC3O[C@H]4CCC[C@@H](C4)N3C(=O)C2=C(O)C1O. The van der Waals surface area contributed by atoms with Crippen LogP contribution in [0, 0.1) is 11.6 Å². The molecule has 3 heterocycles. The predicted molar refractivity (Wildman–Crippen MR) is 106 cm³/mol. The summed E-state index contributed by atoms with van der Waals surface area (Å²) in [5.41, 5.74) is -0.189. The first-order valence-electron chi connectivity index (χ1n) is 10.6. The molecule has 3 aliphatic heterocycles. The molecule has 0 spiro atoms. The lowest BCUT2D eigenvalue weighted by atomic mass is 9.88. The van der Waals surface area contributed by atoms with E-state index in [4.69, 9.17) is 4.74 Å². The molecule has 170 valence electrons. The highest BCUT2D eigenvalue weighted by Crippen LogP contribution is 2.39. The molecule has 8 nitrogen and oxygen atoms in total. The Labute approximate surface area is 182 Å². The van der Waals surface area contributed by atoms with Gasteiger partial charge in [-0.3, -0.25) is 9.59 Å². The van der Waals surface area contributed by atoms with E-state index in [9.17, 15) is 28.6 Å². The topological polar surface area (TPSA) is 102 Å². The van der Waals surface area contributed by atoms with Crippen molar-refractivity contribution < 1.29 is 33.3 Å². The number of piperazine rings is 1. The maximum atomic E-state index is 13.8. The number of nitrogens with zero attached hydrogens (tertiary/aromatic N) is 2. The van der Waals surface area contributed by atoms with Crippen molar-refractivity contribution in [2.75, 3.05) is 6.54 Å². The van der Waals surface area contributed by atoms with E-state index in [1.165, 1.54) is 17.2 Å². The Hall–Kier alpha value is -2.98. The van der Waals surface area contributed by atoms with Gasteiger partial charge in [-0.1, -0.05) is 6.07 Å². The molecule has 2 saturated heterocycles. The van der Waals surface area contributed by atoms with Gasteiger partial charge in [0, 0.05) is 30.4 Å². The number of hydrogen-bond donors (Lipinski definition) is 3. The average Bonchev–Trinajstić information content (AvgIpc) is 2.75. The van der Waals surface area contributed by atoms with E-state index < -0.39 is 41.5 Å². The Balaban J connectivity index is 1.36. The van der Waals surface area contributed by atoms with E-state index >= 15 is 0 Å². The van der Waals surface area contributed by atoms with Crippen LogP contribution in [0.25, 0.3) is 0 Å². The Kier molecular flexibility index (Phi) is 5.13. The van der Waals surface area contributed by atoms with Gasteiger partial charge in [0.15, 0.2) is 12.0 Å². The molecule has 32 heavy (non-hydrogen) atoms. The van der Waals surface area contributed by atoms with Crippen LogP contribution < -0.4 is 5.32 Å². The van der Waals surface area contributed by atoms with Gasteiger partial charge >= 0.3 is 0 Å². The van der Waals surface area contributed by atoms with Gasteiger partial charge in [-0.05, 0) is 31.7 Å². The Morgan fingerprint density at radius 2 is 2.09 bits per heavy atom. The van der Waals surface area contributed by atoms with E-state index in [0.29, 0.717) is 6.07 Å². The molecule has 3 fully saturated rings. The van der Waals surface area contributed by atoms with Gasteiger partial charge in [0.1, 0.15) is 23.4 Å². The smallest absolute Gasteiger partial charge is 0.276 e. The van der Waals surface area contributed by atoms with Crippen molar-refractivity contribution in [3.8, 4) is 0 Å². The largest absolute Gasteiger partial charge is 0.507 e. The highest BCUT2D eigenvalue weighted by atomic mass is 19.1. The van der Waals surface area contributed by atoms with Crippen molar-refractivity contribution in [2.24, 2.45) is 0 Å². The normalized spacial score (nSPS) is 29.3. The molecule has 1 aromatic carbocycles. The van der Waals surface area contributed by atoms with E-state index in [1.54, 1.807) is 4.90 Å². The minimum absolute atomic E-state index is 0.0267. The molecule has 1 aliphatic carbocycles. The lowest BCUT2D eigenvalue weighted by molar-refractivity contribution is -0.199. The summed E-state index contributed by atoms with van der Waals surface area (Å²) < 4.78 is 33.0. The van der Waals surface area contributed by atoms with Gasteiger partial charge in [-0.15, -0.1) is 0 Å². The van der Waals surface area contributed by atoms with Gasteiger partial charge < -0.3 is 30.1 Å². The zero-order valence-electron chi connectivity index (χ0n) is 17.1. The molecule has 1 aromatic rings. The first kappa shape index (κ1) is 20.9. The second-order valence-electron chi connectivity index (χ2n) is 8.54. The molecule has 2 unspecified atom stereocenters. The fourth-order valence-corrected chi connectivity index (χ4v) is 4.97. The Morgan fingerprint density at radius 1 is 1.28 bits per heavy atom. The lowest BCUT2D eigenvalue weighted by Crippen LogP contribution is -2.64. The van der Waals surface area contributed by atoms with Gasteiger partial charge in [0.2, 0.25) is 0 Å². The van der Waals surface area contributed by atoms with Crippen LogP contribution in [0.5, 0.6) is 0 Å². The molecule has 1 saturated carbocycles. The fraction of sp³-hybridized carbons (Fsp3) is 0.455. The highest BCUT2D eigenvalue weighted by Gasteiger charge is 2.49. The number of fused-ring (bicyclic) bond motifs is 5. The third-order valence-electron chi connectivity index (χ3n) is 6.54. The molecule has 2 amide bonds. The summed E-state index contributed by atoms with van der Waals surface area (Å²) in [6.07, 6.45) is 2.70. The van der Waals surface area contributed by atoms with Gasteiger partial charge in [0.25, 0.3) is 11.8 Å². The summed E-state index contributed by atoms with van der Waals surface area (Å²) >= 11 is 0. The molecule has 2 bridgehead atoms. The van der Waals surface area contributed by atoms with E-state index in [-0.39, 0.29) is 42.1 Å².